The topological polar surface area (TPSA) is 103 Å². The maximum absolute atomic E-state index is 11.1. The third-order valence-corrected chi connectivity index (χ3v) is 2.64. The van der Waals surface area contributed by atoms with Crippen molar-refractivity contribution in [1.82, 2.24) is 10.1 Å². The van der Waals surface area contributed by atoms with Gasteiger partial charge in [0, 0.05) is 19.9 Å². The molecule has 0 spiro atoms. The molecule has 0 amide bonds. The fourth-order valence-electron chi connectivity index (χ4n) is 1.77. The second-order valence-electron chi connectivity index (χ2n) is 4.02. The molecule has 0 atom stereocenters. The molecule has 0 aliphatic heterocycles. The van der Waals surface area contributed by atoms with E-state index in [1.54, 1.807) is 25.1 Å². The van der Waals surface area contributed by atoms with Crippen molar-refractivity contribution in [3.63, 3.8) is 0 Å². The average Bonchev–Trinajstić information content (AvgIpc) is 2.83. The molecule has 0 aliphatic carbocycles. The van der Waals surface area contributed by atoms with Crippen molar-refractivity contribution in [2.45, 2.75) is 13.3 Å². The van der Waals surface area contributed by atoms with Crippen molar-refractivity contribution < 1.29 is 14.2 Å². The molecule has 1 aromatic carbocycles. The van der Waals surface area contributed by atoms with E-state index < -0.39 is 4.92 Å². The SMILES string of the molecule is COc1cccc(NCCc2noc(C)n2)c1[N+](=O)[O-]. The number of nitro benzene ring substituents is 1. The zero-order chi connectivity index (χ0) is 14.5. The summed E-state index contributed by atoms with van der Waals surface area (Å²) in [5.74, 6) is 1.27. The highest BCUT2D eigenvalue weighted by Crippen LogP contribution is 2.34. The van der Waals surface area contributed by atoms with Crippen LogP contribution in [0.5, 0.6) is 5.75 Å². The molecule has 2 rings (SSSR count). The lowest BCUT2D eigenvalue weighted by Crippen LogP contribution is -2.08. The Bertz CT molecular complexity index is 611. The number of hydrogen-bond acceptors (Lipinski definition) is 7. The normalized spacial score (nSPS) is 10.3. The average molecular weight is 278 g/mol. The Labute approximate surface area is 114 Å². The maximum Gasteiger partial charge on any atom is 0.333 e. The number of para-hydroxylation sites is 1. The number of nitrogens with zero attached hydrogens (tertiary/aromatic N) is 3. The van der Waals surface area contributed by atoms with E-state index in [-0.39, 0.29) is 11.4 Å². The molecule has 0 aliphatic rings. The molecule has 20 heavy (non-hydrogen) atoms. The number of aromatic nitrogens is 2. The Morgan fingerprint density at radius 2 is 2.30 bits per heavy atom. The third-order valence-electron chi connectivity index (χ3n) is 2.64. The molecule has 8 nitrogen and oxygen atoms in total. The molecule has 0 unspecified atom stereocenters. The molecule has 1 N–H and O–H groups in total. The largest absolute Gasteiger partial charge is 0.490 e. The summed E-state index contributed by atoms with van der Waals surface area (Å²) in [4.78, 5) is 14.7. The number of ether oxygens (including phenoxy) is 1. The van der Waals surface area contributed by atoms with Crippen LogP contribution in [0.2, 0.25) is 0 Å². The van der Waals surface area contributed by atoms with Gasteiger partial charge < -0.3 is 14.6 Å². The van der Waals surface area contributed by atoms with Gasteiger partial charge in [-0.05, 0) is 12.1 Å². The van der Waals surface area contributed by atoms with E-state index in [2.05, 4.69) is 15.5 Å². The number of nitrogens with one attached hydrogen (secondary N) is 1. The Kier molecular flexibility index (Phi) is 4.14. The summed E-state index contributed by atoms with van der Waals surface area (Å²) in [6, 6.07) is 4.86. The molecule has 106 valence electrons. The number of anilines is 1. The summed E-state index contributed by atoms with van der Waals surface area (Å²) < 4.78 is 9.84. The maximum atomic E-state index is 11.1. The lowest BCUT2D eigenvalue weighted by atomic mass is 10.2. The van der Waals surface area contributed by atoms with Gasteiger partial charge in [-0.15, -0.1) is 0 Å². The predicted molar refractivity (Wildman–Crippen MR) is 70.9 cm³/mol. The van der Waals surface area contributed by atoms with Gasteiger partial charge in [-0.1, -0.05) is 11.2 Å². The Balaban J connectivity index is 2.07. The molecule has 2 aromatic rings. The molecule has 1 heterocycles. The fraction of sp³-hybridized carbons (Fsp3) is 0.333. The van der Waals surface area contributed by atoms with Crippen molar-refractivity contribution >= 4 is 11.4 Å². The van der Waals surface area contributed by atoms with E-state index in [1.807, 2.05) is 0 Å². The quantitative estimate of drug-likeness (QED) is 0.636. The van der Waals surface area contributed by atoms with Crippen molar-refractivity contribution in [2.75, 3.05) is 19.0 Å². The van der Waals surface area contributed by atoms with Crippen LogP contribution in [0.1, 0.15) is 11.7 Å². The predicted octanol–water partition coefficient (Wildman–Crippen LogP) is 1.95. The van der Waals surface area contributed by atoms with Crippen LogP contribution in [0.4, 0.5) is 11.4 Å². The van der Waals surface area contributed by atoms with Crippen molar-refractivity contribution in [1.29, 1.82) is 0 Å². The molecule has 0 radical (unpaired) electrons. The summed E-state index contributed by atoms with van der Waals surface area (Å²) in [5.41, 5.74) is 0.314. The summed E-state index contributed by atoms with van der Waals surface area (Å²) in [6.07, 6.45) is 0.506. The van der Waals surface area contributed by atoms with Gasteiger partial charge in [0.25, 0.3) is 0 Å². The Hall–Kier alpha value is -2.64. The smallest absolute Gasteiger partial charge is 0.333 e. The van der Waals surface area contributed by atoms with Gasteiger partial charge >= 0.3 is 5.69 Å². The fourth-order valence-corrected chi connectivity index (χ4v) is 1.77. The molecule has 0 fully saturated rings. The van der Waals surface area contributed by atoms with Crippen LogP contribution in [0.15, 0.2) is 22.7 Å². The van der Waals surface area contributed by atoms with Crippen LogP contribution >= 0.6 is 0 Å². The minimum absolute atomic E-state index is 0.0840. The van der Waals surface area contributed by atoms with E-state index >= 15 is 0 Å². The first-order chi connectivity index (χ1) is 9.61. The lowest BCUT2D eigenvalue weighted by molar-refractivity contribution is -0.384. The molecule has 1 aromatic heterocycles. The Morgan fingerprint density at radius 3 is 2.90 bits per heavy atom. The minimum atomic E-state index is -0.473. The molecule has 8 heteroatoms. The van der Waals surface area contributed by atoms with Crippen LogP contribution < -0.4 is 10.1 Å². The molecule has 0 saturated heterocycles. The van der Waals surface area contributed by atoms with E-state index in [0.29, 0.717) is 30.4 Å². The first kappa shape index (κ1) is 13.8. The number of methoxy groups -OCH3 is 1. The van der Waals surface area contributed by atoms with Crippen LogP contribution in [0.25, 0.3) is 0 Å². The van der Waals surface area contributed by atoms with Crippen LogP contribution in [0, 0.1) is 17.0 Å². The number of rotatable bonds is 6. The van der Waals surface area contributed by atoms with Crippen LogP contribution in [-0.2, 0) is 6.42 Å². The van der Waals surface area contributed by atoms with E-state index in [4.69, 9.17) is 9.26 Å². The van der Waals surface area contributed by atoms with E-state index in [9.17, 15) is 10.1 Å². The van der Waals surface area contributed by atoms with Gasteiger partial charge in [0.15, 0.2) is 11.6 Å². The van der Waals surface area contributed by atoms with Gasteiger partial charge in [-0.2, -0.15) is 4.98 Å². The van der Waals surface area contributed by atoms with E-state index in [0.717, 1.165) is 0 Å². The summed E-state index contributed by atoms with van der Waals surface area (Å²) in [6.45, 7) is 2.16. The van der Waals surface area contributed by atoms with Gasteiger partial charge in [0.05, 0.1) is 12.0 Å². The standard InChI is InChI=1S/C12H14N4O4/c1-8-14-11(15-20-8)6-7-13-9-4-3-5-10(19-2)12(9)16(17)18/h3-5,13H,6-7H2,1-2H3. The van der Waals surface area contributed by atoms with Crippen molar-refractivity contribution in [3.05, 3.63) is 40.0 Å². The first-order valence-electron chi connectivity index (χ1n) is 5.96. The van der Waals surface area contributed by atoms with Crippen molar-refractivity contribution in [2.24, 2.45) is 0 Å². The second kappa shape index (κ2) is 6.00. The highest BCUT2D eigenvalue weighted by Gasteiger charge is 2.20. The highest BCUT2D eigenvalue weighted by atomic mass is 16.6. The highest BCUT2D eigenvalue weighted by molar-refractivity contribution is 5.68. The number of hydrogen-bond donors (Lipinski definition) is 1. The number of aryl methyl sites for hydroxylation is 1. The zero-order valence-electron chi connectivity index (χ0n) is 11.1. The summed E-state index contributed by atoms with van der Waals surface area (Å²) in [5, 5.41) is 17.8. The van der Waals surface area contributed by atoms with Gasteiger partial charge in [0.1, 0.15) is 5.69 Å². The van der Waals surface area contributed by atoms with Gasteiger partial charge in [0.2, 0.25) is 5.89 Å². The monoisotopic (exact) mass is 278 g/mol. The lowest BCUT2D eigenvalue weighted by Gasteiger charge is -2.08. The van der Waals surface area contributed by atoms with Gasteiger partial charge in [-0.3, -0.25) is 10.1 Å². The van der Waals surface area contributed by atoms with Gasteiger partial charge in [-0.25, -0.2) is 0 Å². The molecule has 0 bridgehead atoms. The third kappa shape index (κ3) is 3.02. The summed E-state index contributed by atoms with van der Waals surface area (Å²) >= 11 is 0. The number of benzene rings is 1. The Morgan fingerprint density at radius 1 is 1.50 bits per heavy atom. The second-order valence-corrected chi connectivity index (χ2v) is 4.02. The number of nitro groups is 1. The summed E-state index contributed by atoms with van der Waals surface area (Å²) in [7, 11) is 1.40. The molecular formula is C12H14N4O4. The molecule has 0 saturated carbocycles. The van der Waals surface area contributed by atoms with Crippen LogP contribution in [0.3, 0.4) is 0 Å². The zero-order valence-corrected chi connectivity index (χ0v) is 11.1. The van der Waals surface area contributed by atoms with Crippen LogP contribution in [-0.4, -0.2) is 28.7 Å². The van der Waals surface area contributed by atoms with Crippen molar-refractivity contribution in [3.8, 4) is 5.75 Å². The minimum Gasteiger partial charge on any atom is -0.490 e. The molecular weight excluding hydrogens is 264 g/mol. The first-order valence-corrected chi connectivity index (χ1v) is 5.96. The van der Waals surface area contributed by atoms with E-state index in [1.165, 1.54) is 7.11 Å².